The van der Waals surface area contributed by atoms with E-state index in [4.69, 9.17) is 0 Å². The zero-order valence-electron chi connectivity index (χ0n) is 17.1. The van der Waals surface area contributed by atoms with Gasteiger partial charge in [0.15, 0.2) is 0 Å². The molecular formula is C25H29NOS. The van der Waals surface area contributed by atoms with Crippen LogP contribution in [0.15, 0.2) is 84.9 Å². The Bertz CT molecular complexity index is 899. The van der Waals surface area contributed by atoms with Crippen molar-refractivity contribution < 1.29 is 4.21 Å². The van der Waals surface area contributed by atoms with Gasteiger partial charge in [0.25, 0.3) is 0 Å². The largest absolute Gasteiger partial charge is 0.242 e. The van der Waals surface area contributed by atoms with Crippen LogP contribution in [0.3, 0.4) is 0 Å². The van der Waals surface area contributed by atoms with E-state index >= 15 is 0 Å². The minimum atomic E-state index is -1.15. The maximum absolute atomic E-state index is 12.8. The summed E-state index contributed by atoms with van der Waals surface area (Å²) in [4.78, 5) is 0. The molecule has 1 N–H and O–H groups in total. The minimum Gasteiger partial charge on any atom is -0.242 e. The third kappa shape index (κ3) is 4.98. The fourth-order valence-corrected chi connectivity index (χ4v) is 4.14. The molecule has 0 aromatic heterocycles. The summed E-state index contributed by atoms with van der Waals surface area (Å²) in [7, 11) is -1.15. The second kappa shape index (κ2) is 8.85. The summed E-state index contributed by atoms with van der Waals surface area (Å²) in [6, 6.07) is 29.4. The Morgan fingerprint density at radius 3 is 1.75 bits per heavy atom. The summed E-state index contributed by atoms with van der Waals surface area (Å²) in [5.74, 6) is 0.179. The van der Waals surface area contributed by atoms with E-state index in [1.807, 2.05) is 45.0 Å². The van der Waals surface area contributed by atoms with Crippen molar-refractivity contribution in [3.05, 3.63) is 96.1 Å². The van der Waals surface area contributed by atoms with Gasteiger partial charge in [0.2, 0.25) is 0 Å². The van der Waals surface area contributed by atoms with Crippen molar-refractivity contribution >= 4 is 11.0 Å². The van der Waals surface area contributed by atoms with Crippen LogP contribution in [0.1, 0.15) is 50.8 Å². The molecule has 146 valence electrons. The van der Waals surface area contributed by atoms with Crippen LogP contribution < -0.4 is 4.72 Å². The molecular weight excluding hydrogens is 362 g/mol. The van der Waals surface area contributed by atoms with Crippen LogP contribution in [0.25, 0.3) is 11.1 Å². The summed E-state index contributed by atoms with van der Waals surface area (Å²) >= 11 is 0. The van der Waals surface area contributed by atoms with Crippen LogP contribution in [0, 0.1) is 0 Å². The normalized spacial score (nSPS) is 15.0. The first kappa shape index (κ1) is 20.5. The smallest absolute Gasteiger partial charge is 0.0976 e. The van der Waals surface area contributed by atoms with Gasteiger partial charge >= 0.3 is 0 Å². The number of benzene rings is 3. The summed E-state index contributed by atoms with van der Waals surface area (Å²) in [6.07, 6.45) is 0. The van der Waals surface area contributed by atoms with Crippen LogP contribution in [-0.2, 0) is 11.0 Å². The predicted octanol–water partition coefficient (Wildman–Crippen LogP) is 6.25. The molecule has 0 radical (unpaired) electrons. The number of rotatable bonds is 6. The molecule has 3 aromatic carbocycles. The van der Waals surface area contributed by atoms with Gasteiger partial charge in [-0.25, -0.2) is 8.93 Å². The number of nitrogens with one attached hydrogen (secondary N) is 1. The molecule has 0 unspecified atom stereocenters. The Morgan fingerprint density at radius 2 is 1.21 bits per heavy atom. The van der Waals surface area contributed by atoms with E-state index in [1.54, 1.807) is 0 Å². The number of hydrogen-bond donors (Lipinski definition) is 1. The molecule has 0 saturated carbocycles. The lowest BCUT2D eigenvalue weighted by atomic mass is 9.88. The van der Waals surface area contributed by atoms with Crippen LogP contribution in [-0.4, -0.2) is 8.96 Å². The monoisotopic (exact) mass is 391 g/mol. The molecule has 28 heavy (non-hydrogen) atoms. The highest BCUT2D eigenvalue weighted by molar-refractivity contribution is 7.84. The predicted molar refractivity (Wildman–Crippen MR) is 121 cm³/mol. The van der Waals surface area contributed by atoms with Gasteiger partial charge in [0.05, 0.1) is 21.8 Å². The van der Waals surface area contributed by atoms with E-state index in [9.17, 15) is 4.21 Å². The average molecular weight is 392 g/mol. The molecule has 2 nitrogen and oxygen atoms in total. The van der Waals surface area contributed by atoms with E-state index in [1.165, 1.54) is 16.7 Å². The van der Waals surface area contributed by atoms with Crippen LogP contribution in [0.2, 0.25) is 0 Å². The van der Waals surface area contributed by atoms with E-state index in [0.717, 1.165) is 5.56 Å². The molecule has 0 bridgehead atoms. The lowest BCUT2D eigenvalue weighted by molar-refractivity contribution is 0.537. The molecule has 0 spiro atoms. The van der Waals surface area contributed by atoms with Crippen molar-refractivity contribution in [2.75, 3.05) is 0 Å². The first-order valence-corrected chi connectivity index (χ1v) is 10.9. The Hall–Kier alpha value is -2.23. The SMILES string of the molecule is C[C@H](c1ccc(-c2ccccc2)cc1)[C@@H](N[S@@](=O)C(C)(C)C)c1ccccc1. The van der Waals surface area contributed by atoms with Gasteiger partial charge in [-0.05, 0) is 43.0 Å². The Balaban J connectivity index is 1.88. The molecule has 0 fully saturated rings. The highest BCUT2D eigenvalue weighted by atomic mass is 32.2. The third-order valence-corrected chi connectivity index (χ3v) is 6.57. The van der Waals surface area contributed by atoms with E-state index in [0.29, 0.717) is 0 Å². The van der Waals surface area contributed by atoms with Crippen molar-refractivity contribution in [2.45, 2.75) is 44.4 Å². The van der Waals surface area contributed by atoms with Crippen LogP contribution in [0.5, 0.6) is 0 Å². The standard InChI is InChI=1S/C25H29NOS/c1-19(20-15-17-22(18-16-20)21-11-7-5-8-12-21)24(23-13-9-6-10-14-23)26-28(27)25(2,3)4/h5-19,24,26H,1-4H3/t19-,24-,28+/m1/s1. The second-order valence-electron chi connectivity index (χ2n) is 8.16. The van der Waals surface area contributed by atoms with Gasteiger partial charge in [0.1, 0.15) is 0 Å². The lowest BCUT2D eigenvalue weighted by Gasteiger charge is -2.29. The summed E-state index contributed by atoms with van der Waals surface area (Å²) in [5, 5.41) is 0. The Labute approximate surface area is 171 Å². The van der Waals surface area contributed by atoms with Crippen molar-refractivity contribution in [1.82, 2.24) is 4.72 Å². The van der Waals surface area contributed by atoms with Gasteiger partial charge in [-0.2, -0.15) is 0 Å². The van der Waals surface area contributed by atoms with Crippen molar-refractivity contribution in [1.29, 1.82) is 0 Å². The highest BCUT2D eigenvalue weighted by Gasteiger charge is 2.27. The van der Waals surface area contributed by atoms with Gasteiger partial charge in [-0.1, -0.05) is 91.9 Å². The average Bonchev–Trinajstić information content (AvgIpc) is 2.72. The quantitative estimate of drug-likeness (QED) is 0.529. The maximum atomic E-state index is 12.8. The molecule has 0 aliphatic rings. The first-order chi connectivity index (χ1) is 13.4. The summed E-state index contributed by atoms with van der Waals surface area (Å²) < 4.78 is 15.9. The van der Waals surface area contributed by atoms with Crippen molar-refractivity contribution in [2.24, 2.45) is 0 Å². The molecule has 3 atom stereocenters. The number of hydrogen-bond acceptors (Lipinski definition) is 1. The molecule has 3 rings (SSSR count). The molecule has 0 amide bonds. The van der Waals surface area contributed by atoms with E-state index in [-0.39, 0.29) is 16.7 Å². The van der Waals surface area contributed by atoms with E-state index in [2.05, 4.69) is 72.3 Å². The Kier molecular flexibility index (Phi) is 6.48. The minimum absolute atomic E-state index is 0.0242. The second-order valence-corrected chi connectivity index (χ2v) is 10.2. The first-order valence-electron chi connectivity index (χ1n) is 9.74. The van der Waals surface area contributed by atoms with Crippen LogP contribution in [0.4, 0.5) is 0 Å². The third-order valence-electron chi connectivity index (χ3n) is 4.99. The zero-order chi connectivity index (χ0) is 20.1. The van der Waals surface area contributed by atoms with Crippen molar-refractivity contribution in [3.63, 3.8) is 0 Å². The highest BCUT2D eigenvalue weighted by Crippen LogP contribution is 2.33. The molecule has 0 aliphatic heterocycles. The molecule has 0 saturated heterocycles. The zero-order valence-corrected chi connectivity index (χ0v) is 17.9. The molecule has 3 heteroatoms. The van der Waals surface area contributed by atoms with Crippen molar-refractivity contribution in [3.8, 4) is 11.1 Å². The van der Waals surface area contributed by atoms with E-state index < -0.39 is 11.0 Å². The topological polar surface area (TPSA) is 29.1 Å². The van der Waals surface area contributed by atoms with Gasteiger partial charge in [-0.15, -0.1) is 0 Å². The van der Waals surface area contributed by atoms with Gasteiger partial charge < -0.3 is 0 Å². The van der Waals surface area contributed by atoms with Crippen LogP contribution >= 0.6 is 0 Å². The lowest BCUT2D eigenvalue weighted by Crippen LogP contribution is -2.37. The fourth-order valence-electron chi connectivity index (χ4n) is 3.21. The molecule has 0 aliphatic carbocycles. The fraction of sp³-hybridized carbons (Fsp3) is 0.280. The van der Waals surface area contributed by atoms with Gasteiger partial charge in [0, 0.05) is 5.92 Å². The Morgan fingerprint density at radius 1 is 0.714 bits per heavy atom. The maximum Gasteiger partial charge on any atom is 0.0976 e. The molecule has 3 aromatic rings. The summed E-state index contributed by atoms with van der Waals surface area (Å²) in [6.45, 7) is 8.19. The summed E-state index contributed by atoms with van der Waals surface area (Å²) in [5.41, 5.74) is 4.80. The van der Waals surface area contributed by atoms with Gasteiger partial charge in [-0.3, -0.25) is 0 Å². The molecule has 0 heterocycles.